The molecule has 0 aliphatic heterocycles. The summed E-state index contributed by atoms with van der Waals surface area (Å²) >= 11 is 3.11. The number of hydrogen-bond donors (Lipinski definition) is 3. The van der Waals surface area contributed by atoms with Crippen LogP contribution in [0.15, 0.2) is 59.1 Å². The van der Waals surface area contributed by atoms with Gasteiger partial charge in [0, 0.05) is 10.0 Å². The third-order valence-electron chi connectivity index (χ3n) is 3.36. The largest absolute Gasteiger partial charge is 0.287 e. The summed E-state index contributed by atoms with van der Waals surface area (Å²) in [4.78, 5) is 24.0. The number of halogens is 2. The molecule has 0 bridgehead atoms. The van der Waals surface area contributed by atoms with E-state index in [0.29, 0.717) is 10.2 Å². The molecule has 0 aliphatic carbocycles. The van der Waals surface area contributed by atoms with Crippen molar-refractivity contribution >= 4 is 27.7 Å². The number of carbonyl (C=O) groups excluding carboxylic acids is 2. The van der Waals surface area contributed by atoms with Gasteiger partial charge in [-0.15, -0.1) is 0 Å². The highest BCUT2D eigenvalue weighted by Crippen LogP contribution is 2.17. The Kier molecular flexibility index (Phi) is 4.90. The van der Waals surface area contributed by atoms with E-state index >= 15 is 0 Å². The van der Waals surface area contributed by atoms with E-state index in [1.54, 1.807) is 6.07 Å². The molecule has 8 heteroatoms. The van der Waals surface area contributed by atoms with Crippen LogP contribution in [0.3, 0.4) is 0 Å². The van der Waals surface area contributed by atoms with Crippen LogP contribution in [0, 0.1) is 5.82 Å². The minimum absolute atomic E-state index is 0.162. The van der Waals surface area contributed by atoms with Crippen LogP contribution >= 0.6 is 15.9 Å². The van der Waals surface area contributed by atoms with Crippen molar-refractivity contribution in [2.45, 2.75) is 0 Å². The lowest BCUT2D eigenvalue weighted by Gasteiger charge is -2.07. The zero-order chi connectivity index (χ0) is 17.8. The molecule has 0 aliphatic rings. The smallest absolute Gasteiger partial charge is 0.272 e. The van der Waals surface area contributed by atoms with E-state index in [4.69, 9.17) is 0 Å². The number of carbonyl (C=O) groups is 2. The van der Waals surface area contributed by atoms with Crippen molar-refractivity contribution < 1.29 is 14.0 Å². The van der Waals surface area contributed by atoms with Crippen molar-refractivity contribution in [2.75, 3.05) is 0 Å². The van der Waals surface area contributed by atoms with Crippen molar-refractivity contribution in [3.63, 3.8) is 0 Å². The highest BCUT2D eigenvalue weighted by molar-refractivity contribution is 9.10. The maximum atomic E-state index is 13.7. The summed E-state index contributed by atoms with van der Waals surface area (Å²) in [6.45, 7) is 0. The van der Waals surface area contributed by atoms with E-state index in [0.717, 1.165) is 11.6 Å². The second-order valence-corrected chi connectivity index (χ2v) is 5.98. The van der Waals surface area contributed by atoms with Gasteiger partial charge in [0.15, 0.2) is 0 Å². The second-order valence-electron chi connectivity index (χ2n) is 5.07. The lowest BCUT2D eigenvalue weighted by Crippen LogP contribution is -2.42. The molecule has 0 atom stereocenters. The Labute approximate surface area is 150 Å². The molecule has 1 aromatic heterocycles. The first-order chi connectivity index (χ1) is 12.0. The number of nitrogens with zero attached hydrogens (tertiary/aromatic N) is 1. The summed E-state index contributed by atoms with van der Waals surface area (Å²) in [5.41, 5.74) is 5.80. The van der Waals surface area contributed by atoms with Crippen LogP contribution in [0.1, 0.15) is 20.8 Å². The summed E-state index contributed by atoms with van der Waals surface area (Å²) < 4.78 is 14.2. The van der Waals surface area contributed by atoms with Crippen molar-refractivity contribution in [1.29, 1.82) is 0 Å². The monoisotopic (exact) mass is 402 g/mol. The summed E-state index contributed by atoms with van der Waals surface area (Å²) in [6, 6.07) is 14.9. The van der Waals surface area contributed by atoms with E-state index in [2.05, 4.69) is 37.0 Å². The number of aromatic amines is 1. The van der Waals surface area contributed by atoms with Gasteiger partial charge < -0.3 is 0 Å². The van der Waals surface area contributed by atoms with E-state index in [9.17, 15) is 14.0 Å². The molecular formula is C17H12BrFN4O2. The molecule has 3 rings (SSSR count). The number of nitrogens with one attached hydrogen (secondary N) is 3. The Morgan fingerprint density at radius 3 is 2.44 bits per heavy atom. The minimum Gasteiger partial charge on any atom is -0.272 e. The molecule has 3 N–H and O–H groups in total. The molecule has 0 unspecified atom stereocenters. The van der Waals surface area contributed by atoms with Crippen LogP contribution in [0.4, 0.5) is 4.39 Å². The van der Waals surface area contributed by atoms with Crippen LogP contribution in [0.5, 0.6) is 0 Å². The topological polar surface area (TPSA) is 86.9 Å². The number of H-pyrrole nitrogens is 1. The molecule has 0 saturated carbocycles. The normalized spacial score (nSPS) is 10.3. The number of rotatable bonds is 3. The third kappa shape index (κ3) is 3.92. The molecule has 2 amide bonds. The molecule has 6 nitrogen and oxygen atoms in total. The van der Waals surface area contributed by atoms with Gasteiger partial charge in [-0.25, -0.2) is 4.39 Å². The average Bonchev–Trinajstić information content (AvgIpc) is 3.10. The Hall–Kier alpha value is -3.00. The number of amides is 2. The van der Waals surface area contributed by atoms with E-state index in [1.807, 2.05) is 30.3 Å². The molecule has 0 spiro atoms. The lowest BCUT2D eigenvalue weighted by atomic mass is 10.1. The van der Waals surface area contributed by atoms with Crippen molar-refractivity contribution in [2.24, 2.45) is 0 Å². The van der Waals surface area contributed by atoms with Gasteiger partial charge in [0.1, 0.15) is 11.5 Å². The Balaban J connectivity index is 1.65. The van der Waals surface area contributed by atoms with Crippen LogP contribution in [-0.2, 0) is 0 Å². The lowest BCUT2D eigenvalue weighted by molar-refractivity contribution is 0.0841. The van der Waals surface area contributed by atoms with Gasteiger partial charge in [-0.3, -0.25) is 25.5 Å². The molecule has 2 aromatic carbocycles. The number of hydrazine groups is 1. The fraction of sp³-hybridized carbons (Fsp3) is 0. The van der Waals surface area contributed by atoms with Crippen molar-refractivity contribution in [3.8, 4) is 11.3 Å². The number of aromatic nitrogens is 2. The zero-order valence-corrected chi connectivity index (χ0v) is 14.3. The van der Waals surface area contributed by atoms with Gasteiger partial charge in [0.25, 0.3) is 11.8 Å². The Morgan fingerprint density at radius 2 is 1.72 bits per heavy atom. The highest BCUT2D eigenvalue weighted by atomic mass is 79.9. The maximum Gasteiger partial charge on any atom is 0.287 e. The molecule has 0 radical (unpaired) electrons. The molecule has 126 valence electrons. The van der Waals surface area contributed by atoms with Gasteiger partial charge in [0.05, 0.1) is 11.3 Å². The predicted octanol–water partition coefficient (Wildman–Crippen LogP) is 3.05. The fourth-order valence-electron chi connectivity index (χ4n) is 2.12. The third-order valence-corrected chi connectivity index (χ3v) is 3.85. The second kappa shape index (κ2) is 7.27. The summed E-state index contributed by atoms with van der Waals surface area (Å²) in [7, 11) is 0. The summed E-state index contributed by atoms with van der Waals surface area (Å²) in [6.07, 6.45) is 0. The molecule has 0 fully saturated rings. The van der Waals surface area contributed by atoms with E-state index in [1.165, 1.54) is 12.1 Å². The SMILES string of the molecule is O=C(NNC(=O)c1ccc(Br)cc1F)c1cc(-c2ccccc2)n[nH]1. The number of benzene rings is 2. The van der Waals surface area contributed by atoms with Crippen molar-refractivity contribution in [1.82, 2.24) is 21.0 Å². The van der Waals surface area contributed by atoms with Crippen molar-refractivity contribution in [3.05, 3.63) is 76.1 Å². The van der Waals surface area contributed by atoms with Crippen LogP contribution in [0.25, 0.3) is 11.3 Å². The van der Waals surface area contributed by atoms with Crippen LogP contribution in [-0.4, -0.2) is 22.0 Å². The molecule has 1 heterocycles. The predicted molar refractivity (Wildman–Crippen MR) is 93.1 cm³/mol. The first-order valence-electron chi connectivity index (χ1n) is 7.21. The van der Waals surface area contributed by atoms with Gasteiger partial charge in [0.2, 0.25) is 0 Å². The number of hydrogen-bond acceptors (Lipinski definition) is 3. The van der Waals surface area contributed by atoms with E-state index in [-0.39, 0.29) is 11.3 Å². The van der Waals surface area contributed by atoms with Gasteiger partial charge in [-0.05, 0) is 24.3 Å². The molecule has 25 heavy (non-hydrogen) atoms. The maximum absolute atomic E-state index is 13.7. The Bertz CT molecular complexity index is 927. The summed E-state index contributed by atoms with van der Waals surface area (Å²) in [5, 5.41) is 6.65. The molecular weight excluding hydrogens is 391 g/mol. The zero-order valence-electron chi connectivity index (χ0n) is 12.7. The minimum atomic E-state index is -0.763. The Morgan fingerprint density at radius 1 is 1.00 bits per heavy atom. The highest BCUT2D eigenvalue weighted by Gasteiger charge is 2.15. The summed E-state index contributed by atoms with van der Waals surface area (Å²) in [5.74, 6) is -2.06. The van der Waals surface area contributed by atoms with Gasteiger partial charge in [-0.2, -0.15) is 5.10 Å². The molecule has 3 aromatic rings. The quantitative estimate of drug-likeness (QED) is 0.588. The first kappa shape index (κ1) is 16.8. The van der Waals surface area contributed by atoms with E-state index < -0.39 is 17.6 Å². The average molecular weight is 403 g/mol. The van der Waals surface area contributed by atoms with Crippen LogP contribution in [0.2, 0.25) is 0 Å². The van der Waals surface area contributed by atoms with Gasteiger partial charge in [-0.1, -0.05) is 46.3 Å². The van der Waals surface area contributed by atoms with Crippen LogP contribution < -0.4 is 10.9 Å². The first-order valence-corrected chi connectivity index (χ1v) is 8.00. The fourth-order valence-corrected chi connectivity index (χ4v) is 2.45. The van der Waals surface area contributed by atoms with Gasteiger partial charge >= 0.3 is 0 Å². The standard InChI is InChI=1S/C17H12BrFN4O2/c18-11-6-7-12(13(19)8-11)16(24)22-23-17(25)15-9-14(20-21-15)10-4-2-1-3-5-10/h1-9H,(H,20,21)(H,22,24)(H,23,25). The molecule has 0 saturated heterocycles.